The monoisotopic (exact) mass is 265 g/mol. The van der Waals surface area contributed by atoms with Crippen LogP contribution in [0.1, 0.15) is 5.56 Å². The van der Waals surface area contributed by atoms with Gasteiger partial charge in [0.2, 0.25) is 5.91 Å². The highest BCUT2D eigenvalue weighted by Gasteiger charge is 2.29. The van der Waals surface area contributed by atoms with Crippen molar-refractivity contribution >= 4 is 5.91 Å². The quantitative estimate of drug-likeness (QED) is 0.784. The zero-order valence-electron chi connectivity index (χ0n) is 12.0. The molecule has 1 fully saturated rings. The molecule has 19 heavy (non-hydrogen) atoms. The number of carbonyl (C=O) groups excluding carboxylic acids is 1. The number of hydrogen-bond acceptors (Lipinski definition) is 4. The van der Waals surface area contributed by atoms with E-state index in [4.69, 9.17) is 0 Å². The van der Waals surface area contributed by atoms with Crippen LogP contribution in [0.3, 0.4) is 0 Å². The number of piperazine rings is 1. The predicted octanol–water partition coefficient (Wildman–Crippen LogP) is -0.675. The fourth-order valence-electron chi connectivity index (χ4n) is 2.43. The molecule has 1 unspecified atom stereocenters. The number of nitrogens with zero attached hydrogens (tertiary/aromatic N) is 4. The molecule has 0 aliphatic carbocycles. The van der Waals surface area contributed by atoms with Crippen LogP contribution < -0.4 is 5.32 Å². The summed E-state index contributed by atoms with van der Waals surface area (Å²) >= 11 is 0. The van der Waals surface area contributed by atoms with E-state index in [1.807, 2.05) is 38.2 Å². The van der Waals surface area contributed by atoms with E-state index < -0.39 is 0 Å². The Bertz CT molecular complexity index is 428. The van der Waals surface area contributed by atoms with Gasteiger partial charge in [-0.2, -0.15) is 5.10 Å². The summed E-state index contributed by atoms with van der Waals surface area (Å²) < 4.78 is 1.82. The van der Waals surface area contributed by atoms with E-state index in [-0.39, 0.29) is 11.9 Å². The van der Waals surface area contributed by atoms with Gasteiger partial charge >= 0.3 is 0 Å². The molecule has 1 aromatic heterocycles. The average molecular weight is 265 g/mol. The van der Waals surface area contributed by atoms with Crippen LogP contribution in [0.2, 0.25) is 0 Å². The summed E-state index contributed by atoms with van der Waals surface area (Å²) in [5.74, 6) is 0.179. The lowest BCUT2D eigenvalue weighted by molar-refractivity contribution is -0.135. The van der Waals surface area contributed by atoms with Gasteiger partial charge in [-0.05, 0) is 12.0 Å². The molecular formula is C13H23N5O. The maximum Gasteiger partial charge on any atom is 0.240 e. The van der Waals surface area contributed by atoms with Gasteiger partial charge in [-0.25, -0.2) is 0 Å². The lowest BCUT2D eigenvalue weighted by Crippen LogP contribution is -2.57. The Labute approximate surface area is 114 Å². The minimum atomic E-state index is -0.0413. The fourth-order valence-corrected chi connectivity index (χ4v) is 2.43. The number of aromatic nitrogens is 2. The Kier molecular flexibility index (Phi) is 4.55. The van der Waals surface area contributed by atoms with Crippen LogP contribution in [0, 0.1) is 0 Å². The highest BCUT2D eigenvalue weighted by molar-refractivity contribution is 5.81. The van der Waals surface area contributed by atoms with E-state index in [0.29, 0.717) is 0 Å². The maximum atomic E-state index is 12.2. The Morgan fingerprint density at radius 2 is 2.37 bits per heavy atom. The molecule has 1 atom stereocenters. The molecule has 1 N–H and O–H groups in total. The molecule has 106 valence electrons. The normalized spacial score (nSPS) is 20.5. The van der Waals surface area contributed by atoms with E-state index in [1.54, 1.807) is 4.90 Å². The zero-order chi connectivity index (χ0) is 13.8. The van der Waals surface area contributed by atoms with Crippen LogP contribution in [0.4, 0.5) is 0 Å². The average Bonchev–Trinajstić information content (AvgIpc) is 2.81. The summed E-state index contributed by atoms with van der Waals surface area (Å²) in [4.78, 5) is 16.1. The van der Waals surface area contributed by atoms with E-state index in [0.717, 1.165) is 32.6 Å². The molecule has 2 heterocycles. The number of aryl methyl sites for hydroxylation is 1. The Balaban J connectivity index is 1.94. The summed E-state index contributed by atoms with van der Waals surface area (Å²) in [6, 6.07) is -0.0413. The van der Waals surface area contributed by atoms with Crippen molar-refractivity contribution in [2.45, 2.75) is 12.5 Å². The molecule has 6 heteroatoms. The van der Waals surface area contributed by atoms with Crippen molar-refractivity contribution in [3.63, 3.8) is 0 Å². The number of likely N-dealkylation sites (N-methyl/N-ethyl adjacent to an activating group) is 1. The van der Waals surface area contributed by atoms with Gasteiger partial charge in [0.1, 0.15) is 6.04 Å². The second-order valence-corrected chi connectivity index (χ2v) is 5.26. The molecule has 1 amide bonds. The first-order valence-electron chi connectivity index (χ1n) is 6.71. The number of rotatable bonds is 4. The van der Waals surface area contributed by atoms with Gasteiger partial charge in [-0.1, -0.05) is 0 Å². The van der Waals surface area contributed by atoms with Crippen LogP contribution in [-0.2, 0) is 18.3 Å². The van der Waals surface area contributed by atoms with Gasteiger partial charge in [0.05, 0.1) is 6.20 Å². The lowest BCUT2D eigenvalue weighted by atomic mass is 10.1. The van der Waals surface area contributed by atoms with Crippen molar-refractivity contribution in [3.8, 4) is 0 Å². The van der Waals surface area contributed by atoms with Gasteiger partial charge in [0.15, 0.2) is 0 Å². The van der Waals surface area contributed by atoms with E-state index >= 15 is 0 Å². The molecule has 0 radical (unpaired) electrons. The summed E-state index contributed by atoms with van der Waals surface area (Å²) in [5.41, 5.74) is 1.22. The Morgan fingerprint density at radius 1 is 1.58 bits per heavy atom. The maximum absolute atomic E-state index is 12.2. The highest BCUT2D eigenvalue weighted by Crippen LogP contribution is 2.08. The smallest absolute Gasteiger partial charge is 0.240 e. The summed E-state index contributed by atoms with van der Waals surface area (Å²) in [7, 11) is 5.55. The minimum absolute atomic E-state index is 0.0413. The van der Waals surface area contributed by atoms with Crippen LogP contribution in [-0.4, -0.2) is 71.8 Å². The fraction of sp³-hybridized carbons (Fsp3) is 0.692. The van der Waals surface area contributed by atoms with Gasteiger partial charge < -0.3 is 10.2 Å². The zero-order valence-corrected chi connectivity index (χ0v) is 12.0. The molecule has 1 aliphatic heterocycles. The lowest BCUT2D eigenvalue weighted by Gasteiger charge is -2.36. The third-order valence-corrected chi connectivity index (χ3v) is 3.53. The first kappa shape index (κ1) is 14.0. The number of hydrogen-bond donors (Lipinski definition) is 1. The van der Waals surface area contributed by atoms with Crippen LogP contribution >= 0.6 is 0 Å². The SMILES string of the molecule is CN(C)C(=O)C1CNCCN1CCc1cnn(C)c1. The molecular weight excluding hydrogens is 242 g/mol. The summed E-state index contributed by atoms with van der Waals surface area (Å²) in [6.07, 6.45) is 4.86. The molecule has 2 rings (SSSR count). The standard InChI is InChI=1S/C13H23N5O/c1-16(2)13(19)12-9-14-5-7-18(12)6-4-11-8-15-17(3)10-11/h8,10,12,14H,4-7,9H2,1-3H3. The Morgan fingerprint density at radius 3 is 3.00 bits per heavy atom. The predicted molar refractivity (Wildman–Crippen MR) is 73.8 cm³/mol. The van der Waals surface area contributed by atoms with Crippen LogP contribution in [0.25, 0.3) is 0 Å². The van der Waals surface area contributed by atoms with E-state index in [2.05, 4.69) is 15.3 Å². The molecule has 0 saturated carbocycles. The third kappa shape index (κ3) is 3.54. The van der Waals surface area contributed by atoms with Crippen molar-refractivity contribution in [2.75, 3.05) is 40.3 Å². The second kappa shape index (κ2) is 6.16. The summed E-state index contributed by atoms with van der Waals surface area (Å²) in [5, 5.41) is 7.47. The molecule has 1 aliphatic rings. The molecule has 0 spiro atoms. The number of amides is 1. The van der Waals surface area contributed by atoms with E-state index in [9.17, 15) is 4.79 Å². The first-order valence-corrected chi connectivity index (χ1v) is 6.71. The van der Waals surface area contributed by atoms with Crippen molar-refractivity contribution in [1.82, 2.24) is 24.9 Å². The largest absolute Gasteiger partial charge is 0.347 e. The van der Waals surface area contributed by atoms with Crippen molar-refractivity contribution in [2.24, 2.45) is 7.05 Å². The summed E-state index contributed by atoms with van der Waals surface area (Å²) in [6.45, 7) is 3.51. The highest BCUT2D eigenvalue weighted by atomic mass is 16.2. The minimum Gasteiger partial charge on any atom is -0.347 e. The van der Waals surface area contributed by atoms with Gasteiger partial charge in [-0.3, -0.25) is 14.4 Å². The van der Waals surface area contributed by atoms with Gasteiger partial charge in [0, 0.05) is 53.5 Å². The third-order valence-electron chi connectivity index (χ3n) is 3.53. The second-order valence-electron chi connectivity index (χ2n) is 5.26. The van der Waals surface area contributed by atoms with Crippen molar-refractivity contribution in [3.05, 3.63) is 18.0 Å². The van der Waals surface area contributed by atoms with Crippen LogP contribution in [0.15, 0.2) is 12.4 Å². The molecule has 1 aromatic rings. The molecule has 6 nitrogen and oxygen atoms in total. The number of carbonyl (C=O) groups is 1. The van der Waals surface area contributed by atoms with E-state index in [1.165, 1.54) is 5.56 Å². The molecule has 0 bridgehead atoms. The van der Waals surface area contributed by atoms with Crippen molar-refractivity contribution in [1.29, 1.82) is 0 Å². The first-order chi connectivity index (χ1) is 9.08. The number of nitrogens with one attached hydrogen (secondary N) is 1. The van der Waals surface area contributed by atoms with Crippen molar-refractivity contribution < 1.29 is 4.79 Å². The van der Waals surface area contributed by atoms with Gasteiger partial charge in [0.25, 0.3) is 0 Å². The van der Waals surface area contributed by atoms with Gasteiger partial charge in [-0.15, -0.1) is 0 Å². The van der Waals surface area contributed by atoms with Crippen LogP contribution in [0.5, 0.6) is 0 Å². The topological polar surface area (TPSA) is 53.4 Å². The molecule has 0 aromatic carbocycles. The Hall–Kier alpha value is -1.40. The molecule has 1 saturated heterocycles.